The monoisotopic (exact) mass is 1180 g/mol. The predicted octanol–water partition coefficient (Wildman–Crippen LogP) is 25.9. The van der Waals surface area contributed by atoms with Crippen molar-refractivity contribution in [3.05, 3.63) is 315 Å². The van der Waals surface area contributed by atoms with Gasteiger partial charge < -0.3 is 9.80 Å². The third-order valence-corrected chi connectivity index (χ3v) is 21.2. The molecule has 17 aromatic carbocycles. The van der Waals surface area contributed by atoms with Gasteiger partial charge in [-0.25, -0.2) is 0 Å². The van der Waals surface area contributed by atoms with E-state index in [9.17, 15) is 0 Å². The van der Waals surface area contributed by atoms with Gasteiger partial charge in [-0.2, -0.15) is 0 Å². The van der Waals surface area contributed by atoms with Crippen molar-refractivity contribution in [2.45, 2.75) is 0 Å². The average Bonchev–Trinajstić information content (AvgIpc) is 1.20. The molecular weight excluding hydrogens is 1130 g/mol. The third-order valence-electron chi connectivity index (χ3n) is 19.0. The molecule has 0 saturated carbocycles. The van der Waals surface area contributed by atoms with Crippen LogP contribution in [0.1, 0.15) is 0 Å². The van der Waals surface area contributed by atoms with Gasteiger partial charge in [0.1, 0.15) is 0 Å². The van der Waals surface area contributed by atoms with Crippen molar-refractivity contribution in [3.8, 4) is 22.3 Å². The van der Waals surface area contributed by atoms with Gasteiger partial charge in [0, 0.05) is 84.6 Å². The van der Waals surface area contributed by atoms with E-state index in [-0.39, 0.29) is 0 Å². The number of fused-ring (bicyclic) bond motifs is 22. The van der Waals surface area contributed by atoms with Crippen molar-refractivity contribution in [2.75, 3.05) is 9.80 Å². The second-order valence-electron chi connectivity index (χ2n) is 23.8. The first kappa shape index (κ1) is 51.0. The van der Waals surface area contributed by atoms with Crippen LogP contribution in [0.15, 0.2) is 315 Å². The van der Waals surface area contributed by atoms with E-state index in [0.29, 0.717) is 0 Å². The van der Waals surface area contributed by atoms with Crippen LogP contribution in [0.2, 0.25) is 0 Å². The molecule has 0 N–H and O–H groups in total. The molecule has 2 heterocycles. The molecule has 19 rings (SSSR count). The van der Waals surface area contributed by atoms with E-state index in [1.807, 2.05) is 22.7 Å². The summed E-state index contributed by atoms with van der Waals surface area (Å²) in [5, 5.41) is 25.3. The van der Waals surface area contributed by atoms with E-state index < -0.39 is 0 Å². The minimum atomic E-state index is 1.08. The Hall–Kier alpha value is -11.1. The van der Waals surface area contributed by atoms with Crippen LogP contribution in [-0.2, 0) is 0 Å². The molecule has 90 heavy (non-hydrogen) atoms. The van der Waals surface area contributed by atoms with E-state index >= 15 is 0 Å². The Labute approximate surface area is 527 Å². The number of nitrogens with zero attached hydrogens (tertiary/aromatic N) is 2. The van der Waals surface area contributed by atoms with Gasteiger partial charge >= 0.3 is 0 Å². The normalized spacial score (nSPS) is 12.0. The van der Waals surface area contributed by atoms with Crippen LogP contribution in [0.3, 0.4) is 0 Å². The van der Waals surface area contributed by atoms with Gasteiger partial charge in [0.05, 0.1) is 11.4 Å². The largest absolute Gasteiger partial charge is 0.309 e. The fraction of sp³-hybridized carbons (Fsp3) is 0. The van der Waals surface area contributed by atoms with Crippen LogP contribution in [0.5, 0.6) is 0 Å². The molecule has 0 amide bonds. The van der Waals surface area contributed by atoms with Crippen molar-refractivity contribution in [2.24, 2.45) is 0 Å². The summed E-state index contributed by atoms with van der Waals surface area (Å²) in [6, 6.07) is 118. The molecule has 0 unspecified atom stereocenters. The summed E-state index contributed by atoms with van der Waals surface area (Å²) in [7, 11) is 0. The van der Waals surface area contributed by atoms with Gasteiger partial charge in [-0.05, 0) is 148 Å². The molecule has 19 aromatic rings. The number of hydrogen-bond donors (Lipinski definition) is 0. The lowest BCUT2D eigenvalue weighted by Gasteiger charge is -2.33. The van der Waals surface area contributed by atoms with E-state index in [1.165, 1.54) is 127 Å². The standard InChI is InChI=1S/C86H52N2S2/c1-3-19-53(20-4-1)55-35-39-57(40-36-55)87(59-43-45-75-79(51-59)89-77-49-47-69-65-27-9-7-23-61(65)63-25-11-13-29-67(63)81(69)83(75)77)85-71-31-15-17-33-73(71)86(74-34-18-16-32-72(74)85)88(58-41-37-56(38-42-58)54-21-5-2-6-22-54)60-44-46-76-80(52-60)90-78-50-48-70-66-28-10-8-24-62(66)64-26-12-14-30-68(64)82(70)84(76)78/h1-52H. The summed E-state index contributed by atoms with van der Waals surface area (Å²) < 4.78 is 5.07. The summed E-state index contributed by atoms with van der Waals surface area (Å²) in [5.41, 5.74) is 11.4. The number of rotatable bonds is 8. The number of benzene rings is 17. The molecule has 0 aliphatic heterocycles. The van der Waals surface area contributed by atoms with E-state index in [0.717, 1.165) is 55.7 Å². The maximum absolute atomic E-state index is 2.54. The van der Waals surface area contributed by atoms with Gasteiger partial charge in [0.15, 0.2) is 0 Å². The Morgan fingerprint density at radius 2 is 0.422 bits per heavy atom. The first-order valence-electron chi connectivity index (χ1n) is 30.9. The molecular formula is C86H52N2S2. The van der Waals surface area contributed by atoms with Gasteiger partial charge in [-0.1, -0.05) is 255 Å². The Balaban J connectivity index is 0.854. The highest BCUT2D eigenvalue weighted by molar-refractivity contribution is 7.26. The van der Waals surface area contributed by atoms with Crippen molar-refractivity contribution in [1.29, 1.82) is 0 Å². The number of anilines is 6. The Morgan fingerprint density at radius 1 is 0.167 bits per heavy atom. The van der Waals surface area contributed by atoms with E-state index in [2.05, 4.69) is 325 Å². The molecule has 0 aliphatic rings. The van der Waals surface area contributed by atoms with Crippen molar-refractivity contribution >= 4 is 183 Å². The molecule has 2 aromatic heterocycles. The van der Waals surface area contributed by atoms with Crippen LogP contribution in [0.4, 0.5) is 34.1 Å². The molecule has 0 bridgehead atoms. The number of hydrogen-bond acceptors (Lipinski definition) is 4. The fourth-order valence-electron chi connectivity index (χ4n) is 15.0. The average molecular weight is 1180 g/mol. The maximum atomic E-state index is 2.54. The zero-order chi connectivity index (χ0) is 59.0. The quantitative estimate of drug-likeness (QED) is 0.0850. The van der Waals surface area contributed by atoms with Crippen molar-refractivity contribution in [1.82, 2.24) is 0 Å². The van der Waals surface area contributed by atoms with Crippen LogP contribution < -0.4 is 9.80 Å². The Morgan fingerprint density at radius 3 is 0.767 bits per heavy atom. The van der Waals surface area contributed by atoms with Gasteiger partial charge in [0.2, 0.25) is 0 Å². The molecule has 0 radical (unpaired) electrons. The van der Waals surface area contributed by atoms with Crippen LogP contribution >= 0.6 is 22.7 Å². The first-order valence-corrected chi connectivity index (χ1v) is 32.5. The molecule has 0 saturated heterocycles. The minimum Gasteiger partial charge on any atom is -0.309 e. The molecule has 0 aliphatic carbocycles. The summed E-state index contributed by atoms with van der Waals surface area (Å²) in [5.74, 6) is 0. The van der Waals surface area contributed by atoms with Crippen molar-refractivity contribution < 1.29 is 0 Å². The highest BCUT2D eigenvalue weighted by Crippen LogP contribution is 2.54. The summed E-state index contributed by atoms with van der Waals surface area (Å²) >= 11 is 3.78. The van der Waals surface area contributed by atoms with E-state index in [1.54, 1.807) is 0 Å². The molecule has 4 heteroatoms. The lowest BCUT2D eigenvalue weighted by atomic mass is 9.92. The minimum absolute atomic E-state index is 1.08. The highest BCUT2D eigenvalue weighted by atomic mass is 32.1. The second kappa shape index (κ2) is 20.2. The van der Waals surface area contributed by atoms with Gasteiger partial charge in [-0.15, -0.1) is 22.7 Å². The highest BCUT2D eigenvalue weighted by Gasteiger charge is 2.28. The lowest BCUT2D eigenvalue weighted by molar-refractivity contribution is 1.30. The SMILES string of the molecule is c1ccc(-c2ccc(N(c3ccc4c(c3)sc3ccc5c6ccccc6c6ccccc6c5c34)c3c4ccccc4c(N(c4ccc(-c5ccccc5)cc4)c4ccc5c(c4)sc4ccc6c7ccccc7c7ccccc7c6c45)c4ccccc34)cc2)cc1. The molecule has 0 atom stereocenters. The third kappa shape index (κ3) is 7.75. The molecule has 2 nitrogen and oxygen atoms in total. The topological polar surface area (TPSA) is 6.48 Å². The first-order chi connectivity index (χ1) is 44.7. The smallest absolute Gasteiger partial charge is 0.0619 e. The summed E-state index contributed by atoms with van der Waals surface area (Å²) in [4.78, 5) is 5.07. The zero-order valence-corrected chi connectivity index (χ0v) is 50.4. The Bertz CT molecular complexity index is 5640. The predicted molar refractivity (Wildman–Crippen MR) is 393 cm³/mol. The molecule has 0 fully saturated rings. The fourth-order valence-corrected chi connectivity index (χ4v) is 17.3. The maximum Gasteiger partial charge on any atom is 0.0619 e. The van der Waals surface area contributed by atoms with Crippen molar-refractivity contribution in [3.63, 3.8) is 0 Å². The van der Waals surface area contributed by atoms with Gasteiger partial charge in [0.25, 0.3) is 0 Å². The zero-order valence-electron chi connectivity index (χ0n) is 48.7. The van der Waals surface area contributed by atoms with Crippen LogP contribution in [0, 0.1) is 0 Å². The number of thiophene rings is 2. The lowest BCUT2D eigenvalue weighted by Crippen LogP contribution is -2.14. The molecule has 0 spiro atoms. The van der Waals surface area contributed by atoms with E-state index in [4.69, 9.17) is 0 Å². The Kier molecular flexibility index (Phi) is 11.4. The second-order valence-corrected chi connectivity index (χ2v) is 25.9. The van der Waals surface area contributed by atoms with Crippen LogP contribution in [-0.4, -0.2) is 0 Å². The summed E-state index contributed by atoms with van der Waals surface area (Å²) in [6.07, 6.45) is 0. The van der Waals surface area contributed by atoms with Crippen LogP contribution in [0.25, 0.3) is 149 Å². The summed E-state index contributed by atoms with van der Waals surface area (Å²) in [6.45, 7) is 0. The molecule has 418 valence electrons. The van der Waals surface area contributed by atoms with Gasteiger partial charge in [-0.3, -0.25) is 0 Å².